The Hall–Kier alpha value is -1.42. The zero-order chi connectivity index (χ0) is 13.5. The van der Waals surface area contributed by atoms with Gasteiger partial charge in [0.1, 0.15) is 0 Å². The number of carbonyl (C=O) groups excluding carboxylic acids is 1. The molecule has 0 aliphatic carbocycles. The molecule has 2 heterocycles. The zero-order valence-electron chi connectivity index (χ0n) is 11.6. The highest BCUT2D eigenvalue weighted by Crippen LogP contribution is 2.12. The van der Waals surface area contributed by atoms with E-state index in [9.17, 15) is 4.79 Å². The Balaban J connectivity index is 1.86. The second-order valence-corrected chi connectivity index (χ2v) is 5.00. The van der Waals surface area contributed by atoms with Crippen LogP contribution in [0.25, 0.3) is 0 Å². The van der Waals surface area contributed by atoms with E-state index in [-0.39, 0.29) is 5.91 Å². The van der Waals surface area contributed by atoms with Gasteiger partial charge in [-0.25, -0.2) is 0 Å². The summed E-state index contributed by atoms with van der Waals surface area (Å²) < 4.78 is 0. The van der Waals surface area contributed by atoms with Gasteiger partial charge in [-0.05, 0) is 44.9 Å². The molecular formula is C15H23N3O. The third kappa shape index (κ3) is 4.03. The van der Waals surface area contributed by atoms with Crippen molar-refractivity contribution in [1.82, 2.24) is 15.2 Å². The first-order chi connectivity index (χ1) is 9.31. The summed E-state index contributed by atoms with van der Waals surface area (Å²) in [6, 6.07) is 6.22. The van der Waals surface area contributed by atoms with Crippen molar-refractivity contribution in [3.63, 3.8) is 0 Å². The third-order valence-electron chi connectivity index (χ3n) is 3.69. The number of pyridine rings is 1. The number of nitrogens with one attached hydrogen (secondary N) is 1. The first-order valence-corrected chi connectivity index (χ1v) is 7.21. The number of hydrogen-bond donors (Lipinski definition) is 1. The maximum atomic E-state index is 12.3. The van der Waals surface area contributed by atoms with Crippen LogP contribution in [0.2, 0.25) is 0 Å². The van der Waals surface area contributed by atoms with E-state index in [4.69, 9.17) is 0 Å². The van der Waals surface area contributed by atoms with Crippen LogP contribution >= 0.6 is 0 Å². The molecule has 1 aromatic heterocycles. The van der Waals surface area contributed by atoms with Gasteiger partial charge in [0.2, 0.25) is 5.91 Å². The number of likely N-dealkylation sites (N-methyl/N-ethyl adjacent to an activating group) is 1. The lowest BCUT2D eigenvalue weighted by Gasteiger charge is -2.34. The Morgan fingerprint density at radius 3 is 3.05 bits per heavy atom. The van der Waals surface area contributed by atoms with Crippen molar-refractivity contribution in [2.24, 2.45) is 0 Å². The van der Waals surface area contributed by atoms with E-state index in [0.29, 0.717) is 12.5 Å². The number of piperidine rings is 1. The number of nitrogens with zero attached hydrogens (tertiary/aromatic N) is 2. The molecule has 1 N–H and O–H groups in total. The second-order valence-electron chi connectivity index (χ2n) is 5.00. The lowest BCUT2D eigenvalue weighted by Crippen LogP contribution is -2.48. The second kappa shape index (κ2) is 7.24. The van der Waals surface area contributed by atoms with Crippen molar-refractivity contribution < 1.29 is 4.79 Å². The summed E-state index contributed by atoms with van der Waals surface area (Å²) in [6.45, 7) is 4.88. The van der Waals surface area contributed by atoms with Gasteiger partial charge in [-0.2, -0.15) is 0 Å². The van der Waals surface area contributed by atoms with Crippen LogP contribution in [0.1, 0.15) is 31.9 Å². The largest absolute Gasteiger partial charge is 0.339 e. The van der Waals surface area contributed by atoms with Crippen molar-refractivity contribution in [2.45, 2.75) is 38.6 Å². The van der Waals surface area contributed by atoms with E-state index in [0.717, 1.165) is 44.6 Å². The molecule has 1 aliphatic heterocycles. The Kier molecular flexibility index (Phi) is 5.33. The van der Waals surface area contributed by atoms with Gasteiger partial charge < -0.3 is 10.2 Å². The van der Waals surface area contributed by atoms with E-state index < -0.39 is 0 Å². The fourth-order valence-electron chi connectivity index (χ4n) is 2.66. The predicted molar refractivity (Wildman–Crippen MR) is 75.8 cm³/mol. The molecule has 0 saturated carbocycles. The van der Waals surface area contributed by atoms with Gasteiger partial charge in [0.05, 0.1) is 0 Å². The molecule has 1 saturated heterocycles. The minimum absolute atomic E-state index is 0.252. The average Bonchev–Trinajstić information content (AvgIpc) is 2.48. The topological polar surface area (TPSA) is 45.2 Å². The molecule has 1 fully saturated rings. The van der Waals surface area contributed by atoms with E-state index in [1.165, 1.54) is 0 Å². The van der Waals surface area contributed by atoms with Gasteiger partial charge in [-0.15, -0.1) is 0 Å². The summed E-state index contributed by atoms with van der Waals surface area (Å²) in [7, 11) is 0. The van der Waals surface area contributed by atoms with Crippen LogP contribution < -0.4 is 5.32 Å². The quantitative estimate of drug-likeness (QED) is 0.876. The van der Waals surface area contributed by atoms with Crippen molar-refractivity contribution in [2.75, 3.05) is 19.6 Å². The number of amides is 1. The highest BCUT2D eigenvalue weighted by molar-refractivity contribution is 5.76. The Bertz CT molecular complexity index is 388. The fraction of sp³-hybridized carbons (Fsp3) is 0.600. The van der Waals surface area contributed by atoms with Gasteiger partial charge in [-0.3, -0.25) is 9.78 Å². The summed E-state index contributed by atoms with van der Waals surface area (Å²) in [5.41, 5.74) is 0.994. The summed E-state index contributed by atoms with van der Waals surface area (Å²) in [6.07, 6.45) is 5.35. The number of carbonyl (C=O) groups is 1. The monoisotopic (exact) mass is 261 g/mol. The summed E-state index contributed by atoms with van der Waals surface area (Å²) in [4.78, 5) is 18.6. The van der Waals surface area contributed by atoms with Crippen LogP contribution in [0, 0.1) is 0 Å². The first-order valence-electron chi connectivity index (χ1n) is 7.21. The molecule has 19 heavy (non-hydrogen) atoms. The van der Waals surface area contributed by atoms with Crippen molar-refractivity contribution >= 4 is 5.91 Å². The highest BCUT2D eigenvalue weighted by Gasteiger charge is 2.23. The Labute approximate surface area is 115 Å². The van der Waals surface area contributed by atoms with Gasteiger partial charge in [-0.1, -0.05) is 6.07 Å². The average molecular weight is 261 g/mol. The molecule has 104 valence electrons. The van der Waals surface area contributed by atoms with Crippen molar-refractivity contribution in [3.8, 4) is 0 Å². The number of rotatable bonds is 5. The molecule has 2 rings (SSSR count). The lowest BCUT2D eigenvalue weighted by molar-refractivity contribution is -0.133. The van der Waals surface area contributed by atoms with Gasteiger partial charge in [0.25, 0.3) is 0 Å². The molecule has 1 atom stereocenters. The molecular weight excluding hydrogens is 238 g/mol. The van der Waals surface area contributed by atoms with E-state index in [2.05, 4.69) is 17.2 Å². The molecule has 1 unspecified atom stereocenters. The minimum atomic E-state index is 0.252. The van der Waals surface area contributed by atoms with E-state index in [1.807, 2.05) is 23.1 Å². The first kappa shape index (κ1) is 14.0. The maximum Gasteiger partial charge on any atom is 0.223 e. The Morgan fingerprint density at radius 1 is 1.53 bits per heavy atom. The van der Waals surface area contributed by atoms with Crippen LogP contribution in [0.3, 0.4) is 0 Å². The van der Waals surface area contributed by atoms with Crippen LogP contribution in [0.5, 0.6) is 0 Å². The van der Waals surface area contributed by atoms with Crippen LogP contribution in [-0.4, -0.2) is 41.5 Å². The molecule has 4 nitrogen and oxygen atoms in total. The highest BCUT2D eigenvalue weighted by atomic mass is 16.2. The zero-order valence-corrected chi connectivity index (χ0v) is 11.6. The summed E-state index contributed by atoms with van der Waals surface area (Å²) in [5.74, 6) is 0.252. The smallest absolute Gasteiger partial charge is 0.223 e. The van der Waals surface area contributed by atoms with E-state index in [1.54, 1.807) is 6.20 Å². The number of aromatic nitrogens is 1. The molecule has 1 aromatic rings. The minimum Gasteiger partial charge on any atom is -0.339 e. The van der Waals surface area contributed by atoms with Gasteiger partial charge in [0.15, 0.2) is 0 Å². The van der Waals surface area contributed by atoms with Gasteiger partial charge in [0, 0.05) is 37.4 Å². The van der Waals surface area contributed by atoms with E-state index >= 15 is 0 Å². The number of hydrogen-bond acceptors (Lipinski definition) is 3. The normalized spacial score (nSPS) is 19.1. The summed E-state index contributed by atoms with van der Waals surface area (Å²) in [5, 5.41) is 3.37. The SMILES string of the molecule is CCN(C(=O)CCc1ccccn1)C1CCCNC1. The van der Waals surface area contributed by atoms with Gasteiger partial charge >= 0.3 is 0 Å². The third-order valence-corrected chi connectivity index (χ3v) is 3.69. The standard InChI is InChI=1S/C15H23N3O/c1-2-18(14-7-5-10-16-12-14)15(19)9-8-13-6-3-4-11-17-13/h3-4,6,11,14,16H,2,5,7-10,12H2,1H3. The molecule has 0 bridgehead atoms. The van der Waals surface area contributed by atoms with Crippen molar-refractivity contribution in [1.29, 1.82) is 0 Å². The molecule has 0 spiro atoms. The Morgan fingerprint density at radius 2 is 2.42 bits per heavy atom. The van der Waals surface area contributed by atoms with Crippen molar-refractivity contribution in [3.05, 3.63) is 30.1 Å². The molecule has 0 radical (unpaired) electrons. The van der Waals surface area contributed by atoms with Crippen LogP contribution in [0.4, 0.5) is 0 Å². The molecule has 4 heteroatoms. The summed E-state index contributed by atoms with van der Waals surface area (Å²) >= 11 is 0. The number of aryl methyl sites for hydroxylation is 1. The van der Waals surface area contributed by atoms with Crippen LogP contribution in [0.15, 0.2) is 24.4 Å². The maximum absolute atomic E-state index is 12.3. The molecule has 1 aliphatic rings. The predicted octanol–water partition coefficient (Wildman–Crippen LogP) is 1.61. The fourth-order valence-corrected chi connectivity index (χ4v) is 2.66. The molecule has 0 aromatic carbocycles. The lowest BCUT2D eigenvalue weighted by atomic mass is 10.0. The van der Waals surface area contributed by atoms with Crippen LogP contribution in [-0.2, 0) is 11.2 Å². The molecule has 1 amide bonds.